The van der Waals surface area contributed by atoms with Gasteiger partial charge in [0.05, 0.1) is 27.1 Å². The predicted octanol–water partition coefficient (Wildman–Crippen LogP) is 5.51. The summed E-state index contributed by atoms with van der Waals surface area (Å²) < 4.78 is 5.03. The Morgan fingerprint density at radius 3 is 2.81 bits per heavy atom. The minimum atomic E-state index is -0.480. The highest BCUT2D eigenvalue weighted by atomic mass is 35.5. The predicted molar refractivity (Wildman–Crippen MR) is 111 cm³/mol. The monoisotopic (exact) mass is 442 g/mol. The van der Waals surface area contributed by atoms with E-state index in [2.05, 4.69) is 9.97 Å². The first-order chi connectivity index (χ1) is 12.8. The van der Waals surface area contributed by atoms with Gasteiger partial charge in [0, 0.05) is 0 Å². The van der Waals surface area contributed by atoms with Crippen molar-refractivity contribution in [3.63, 3.8) is 0 Å². The Balaban J connectivity index is 2.11. The van der Waals surface area contributed by atoms with Gasteiger partial charge in [0.25, 0.3) is 5.56 Å². The van der Waals surface area contributed by atoms with E-state index in [-0.39, 0.29) is 23.0 Å². The third-order valence-electron chi connectivity index (χ3n) is 3.75. The highest BCUT2D eigenvalue weighted by Crippen LogP contribution is 2.31. The molecule has 27 heavy (non-hydrogen) atoms. The summed E-state index contributed by atoms with van der Waals surface area (Å²) in [5, 5.41) is 1.26. The normalized spacial score (nSPS) is 11.8. The summed E-state index contributed by atoms with van der Waals surface area (Å²) in [5.74, 6) is -0.312. The number of nitrogens with one attached hydrogen (secondary N) is 1. The third kappa shape index (κ3) is 3.89. The lowest BCUT2D eigenvalue weighted by Gasteiger charge is -2.03. The van der Waals surface area contributed by atoms with Crippen LogP contribution in [0.3, 0.4) is 0 Å². The second-order valence-corrected chi connectivity index (χ2v) is 7.70. The number of halogens is 3. The number of rotatable bonds is 4. The van der Waals surface area contributed by atoms with Crippen molar-refractivity contribution in [2.75, 3.05) is 6.61 Å². The third-order valence-corrected chi connectivity index (χ3v) is 6.04. The molecule has 0 atom stereocenters. The van der Waals surface area contributed by atoms with Gasteiger partial charge in [0.2, 0.25) is 0 Å². The molecule has 3 rings (SSSR count). The standard InChI is InChI=1S/C18H13Cl3N2O3S/c1-3-26-18(25)14-8(2)12-16(24)22-15(23-17(12)27-14)11(20)7-9-5-4-6-10(19)13(9)21/h4-7H,3H2,1-2H3,(H,22,23,24)/b11-7-. The van der Waals surface area contributed by atoms with E-state index in [4.69, 9.17) is 39.5 Å². The van der Waals surface area contributed by atoms with Crippen LogP contribution < -0.4 is 5.56 Å². The summed E-state index contributed by atoms with van der Waals surface area (Å²) >= 11 is 19.6. The van der Waals surface area contributed by atoms with Crippen molar-refractivity contribution in [2.45, 2.75) is 13.8 Å². The molecule has 3 aromatic rings. The molecule has 0 aliphatic carbocycles. The molecule has 0 radical (unpaired) electrons. The zero-order chi connectivity index (χ0) is 19.7. The molecule has 0 amide bonds. The molecule has 1 N–H and O–H groups in total. The van der Waals surface area contributed by atoms with Crippen LogP contribution in [0.1, 0.15) is 33.5 Å². The van der Waals surface area contributed by atoms with Crippen molar-refractivity contribution in [1.29, 1.82) is 0 Å². The molecule has 2 aromatic heterocycles. The van der Waals surface area contributed by atoms with Crippen molar-refractivity contribution in [3.8, 4) is 0 Å². The molecule has 0 fully saturated rings. The Hall–Kier alpha value is -1.86. The number of aryl methyl sites for hydroxylation is 1. The molecule has 140 valence electrons. The Morgan fingerprint density at radius 1 is 1.37 bits per heavy atom. The minimum Gasteiger partial charge on any atom is -0.462 e. The van der Waals surface area contributed by atoms with Crippen LogP contribution in [0.25, 0.3) is 21.3 Å². The fraction of sp³-hybridized carbons (Fsp3) is 0.167. The van der Waals surface area contributed by atoms with Gasteiger partial charge in [0.15, 0.2) is 5.82 Å². The van der Waals surface area contributed by atoms with E-state index >= 15 is 0 Å². The van der Waals surface area contributed by atoms with Gasteiger partial charge in [-0.3, -0.25) is 4.79 Å². The number of esters is 1. The van der Waals surface area contributed by atoms with Crippen LogP contribution in [0.4, 0.5) is 0 Å². The Bertz CT molecular complexity index is 1130. The number of aromatic nitrogens is 2. The molecular formula is C18H13Cl3N2O3S. The van der Waals surface area contributed by atoms with Gasteiger partial charge in [-0.05, 0) is 37.1 Å². The first kappa shape index (κ1) is 19.9. The van der Waals surface area contributed by atoms with E-state index in [1.54, 1.807) is 38.1 Å². The van der Waals surface area contributed by atoms with Crippen LogP contribution in [0.2, 0.25) is 10.0 Å². The fourth-order valence-electron chi connectivity index (χ4n) is 2.49. The molecule has 9 heteroatoms. The van der Waals surface area contributed by atoms with Gasteiger partial charge in [-0.15, -0.1) is 11.3 Å². The topological polar surface area (TPSA) is 72.0 Å². The SMILES string of the molecule is CCOC(=O)c1sc2nc(/C(Cl)=C/c3cccc(Cl)c3Cl)[nH]c(=O)c2c1C. The quantitative estimate of drug-likeness (QED) is 0.539. The van der Waals surface area contributed by atoms with Crippen LogP contribution in [-0.2, 0) is 4.74 Å². The van der Waals surface area contributed by atoms with Crippen molar-refractivity contribution in [3.05, 3.63) is 60.4 Å². The van der Waals surface area contributed by atoms with E-state index in [0.717, 1.165) is 11.3 Å². The van der Waals surface area contributed by atoms with Crippen molar-refractivity contribution in [2.24, 2.45) is 0 Å². The lowest BCUT2D eigenvalue weighted by Crippen LogP contribution is -2.11. The van der Waals surface area contributed by atoms with Crippen molar-refractivity contribution >= 4 is 73.4 Å². The number of hydrogen-bond acceptors (Lipinski definition) is 5. The summed E-state index contributed by atoms with van der Waals surface area (Å²) in [6.07, 6.45) is 1.56. The molecule has 0 aliphatic rings. The van der Waals surface area contributed by atoms with Gasteiger partial charge < -0.3 is 9.72 Å². The number of benzene rings is 1. The number of fused-ring (bicyclic) bond motifs is 1. The maximum atomic E-state index is 12.5. The Kier molecular flexibility index (Phi) is 5.91. The van der Waals surface area contributed by atoms with Crippen LogP contribution in [0.15, 0.2) is 23.0 Å². The molecule has 1 aromatic carbocycles. The molecule has 0 unspecified atom stereocenters. The fourth-order valence-corrected chi connectivity index (χ4v) is 4.13. The van der Waals surface area contributed by atoms with E-state index in [9.17, 15) is 9.59 Å². The summed E-state index contributed by atoms with van der Waals surface area (Å²) in [4.78, 5) is 32.4. The molecule has 0 aliphatic heterocycles. The van der Waals surface area contributed by atoms with E-state index in [0.29, 0.717) is 36.3 Å². The Labute approximate surface area is 173 Å². The second kappa shape index (κ2) is 8.02. The molecule has 5 nitrogen and oxygen atoms in total. The number of thiophene rings is 1. The number of hydrogen-bond donors (Lipinski definition) is 1. The average molecular weight is 444 g/mol. The molecule has 0 saturated carbocycles. The number of aromatic amines is 1. The molecule has 2 heterocycles. The summed E-state index contributed by atoms with van der Waals surface area (Å²) in [7, 11) is 0. The van der Waals surface area contributed by atoms with Crippen LogP contribution in [-0.4, -0.2) is 22.5 Å². The number of carbonyl (C=O) groups excluding carboxylic acids is 1. The van der Waals surface area contributed by atoms with Crippen LogP contribution >= 0.6 is 46.1 Å². The second-order valence-electron chi connectivity index (χ2n) is 5.51. The smallest absolute Gasteiger partial charge is 0.348 e. The highest BCUT2D eigenvalue weighted by molar-refractivity contribution is 7.20. The molecule has 0 saturated heterocycles. The maximum Gasteiger partial charge on any atom is 0.348 e. The zero-order valence-electron chi connectivity index (χ0n) is 14.2. The number of ether oxygens (including phenoxy) is 1. The van der Waals surface area contributed by atoms with E-state index in [1.807, 2.05) is 0 Å². The minimum absolute atomic E-state index is 0.168. The molecule has 0 bridgehead atoms. The summed E-state index contributed by atoms with van der Waals surface area (Å²) in [6, 6.07) is 5.13. The number of carbonyl (C=O) groups is 1. The number of nitrogens with zero attached hydrogens (tertiary/aromatic N) is 1. The maximum absolute atomic E-state index is 12.5. The highest BCUT2D eigenvalue weighted by Gasteiger charge is 2.20. The number of H-pyrrole nitrogens is 1. The first-order valence-electron chi connectivity index (χ1n) is 7.85. The molecule has 0 spiro atoms. The summed E-state index contributed by atoms with van der Waals surface area (Å²) in [6.45, 7) is 3.65. The van der Waals surface area contributed by atoms with Gasteiger partial charge in [-0.1, -0.05) is 46.9 Å². The zero-order valence-corrected chi connectivity index (χ0v) is 17.3. The average Bonchev–Trinajstić information content (AvgIpc) is 2.96. The van der Waals surface area contributed by atoms with Crippen molar-refractivity contribution in [1.82, 2.24) is 9.97 Å². The molecular weight excluding hydrogens is 431 g/mol. The van der Waals surface area contributed by atoms with Gasteiger partial charge in [-0.25, -0.2) is 9.78 Å². The van der Waals surface area contributed by atoms with Crippen LogP contribution in [0, 0.1) is 6.92 Å². The lowest BCUT2D eigenvalue weighted by atomic mass is 10.2. The first-order valence-corrected chi connectivity index (χ1v) is 9.80. The Morgan fingerprint density at radius 2 is 2.11 bits per heavy atom. The van der Waals surface area contributed by atoms with Gasteiger partial charge >= 0.3 is 5.97 Å². The van der Waals surface area contributed by atoms with E-state index in [1.165, 1.54) is 0 Å². The van der Waals surface area contributed by atoms with Crippen LogP contribution in [0.5, 0.6) is 0 Å². The largest absolute Gasteiger partial charge is 0.462 e. The van der Waals surface area contributed by atoms with Crippen molar-refractivity contribution < 1.29 is 9.53 Å². The lowest BCUT2D eigenvalue weighted by molar-refractivity contribution is 0.0531. The van der Waals surface area contributed by atoms with Gasteiger partial charge in [-0.2, -0.15) is 0 Å². The van der Waals surface area contributed by atoms with E-state index < -0.39 is 5.97 Å². The summed E-state index contributed by atoms with van der Waals surface area (Å²) in [5.41, 5.74) is 0.737. The van der Waals surface area contributed by atoms with Gasteiger partial charge in [0.1, 0.15) is 9.71 Å².